The molecule has 0 saturated heterocycles. The molecule has 0 fully saturated rings. The fraction of sp³-hybridized carbons (Fsp3) is 0.333. The van der Waals surface area contributed by atoms with Crippen LogP contribution in [0.4, 0.5) is 5.69 Å². The first kappa shape index (κ1) is 14.4. The van der Waals surface area contributed by atoms with Gasteiger partial charge < -0.3 is 10.1 Å². The molecule has 0 bridgehead atoms. The summed E-state index contributed by atoms with van der Waals surface area (Å²) in [6.45, 7) is 3.88. The molecule has 2 nitrogen and oxygen atoms in total. The highest BCUT2D eigenvalue weighted by molar-refractivity contribution is 5.44. The predicted molar refractivity (Wildman–Crippen MR) is 85.5 cm³/mol. The van der Waals surface area contributed by atoms with Crippen LogP contribution in [0, 0.1) is 0 Å². The molecule has 106 valence electrons. The largest absolute Gasteiger partial charge is 0.494 e. The van der Waals surface area contributed by atoms with E-state index in [1.54, 1.807) is 0 Å². The number of hydrogen-bond acceptors (Lipinski definition) is 2. The number of aryl methyl sites for hydroxylation is 1. The van der Waals surface area contributed by atoms with Crippen LogP contribution in [-0.4, -0.2) is 13.2 Å². The number of benzene rings is 2. The van der Waals surface area contributed by atoms with Gasteiger partial charge in [0, 0.05) is 12.2 Å². The standard InChI is InChI=1S/C18H23NO/c1-2-7-16-10-12-17(13-11-16)19-14-6-15-20-18-8-4-3-5-9-18/h3-5,8-13,19H,2,6-7,14-15H2,1H3. The van der Waals surface area contributed by atoms with E-state index in [0.717, 1.165) is 31.7 Å². The summed E-state index contributed by atoms with van der Waals surface area (Å²) < 4.78 is 5.65. The monoisotopic (exact) mass is 269 g/mol. The molecule has 0 aliphatic rings. The molecule has 0 amide bonds. The zero-order valence-corrected chi connectivity index (χ0v) is 12.1. The third kappa shape index (κ3) is 4.96. The first-order valence-electron chi connectivity index (χ1n) is 7.39. The molecular formula is C18H23NO. The van der Waals surface area contributed by atoms with E-state index in [2.05, 4.69) is 36.5 Å². The fourth-order valence-electron chi connectivity index (χ4n) is 2.09. The summed E-state index contributed by atoms with van der Waals surface area (Å²) in [4.78, 5) is 0. The van der Waals surface area contributed by atoms with Crippen molar-refractivity contribution in [2.45, 2.75) is 26.2 Å². The van der Waals surface area contributed by atoms with Gasteiger partial charge in [-0.05, 0) is 42.7 Å². The SMILES string of the molecule is CCCc1ccc(NCCCOc2ccccc2)cc1. The number of para-hydroxylation sites is 1. The number of anilines is 1. The Kier molecular flexibility index (Phi) is 5.97. The highest BCUT2D eigenvalue weighted by Crippen LogP contribution is 2.11. The van der Waals surface area contributed by atoms with Crippen molar-refractivity contribution in [3.63, 3.8) is 0 Å². The summed E-state index contributed by atoms with van der Waals surface area (Å²) >= 11 is 0. The van der Waals surface area contributed by atoms with Crippen molar-refractivity contribution in [3.05, 3.63) is 60.2 Å². The van der Waals surface area contributed by atoms with Crippen molar-refractivity contribution >= 4 is 5.69 Å². The zero-order valence-electron chi connectivity index (χ0n) is 12.1. The summed E-state index contributed by atoms with van der Waals surface area (Å²) in [5.74, 6) is 0.941. The average Bonchev–Trinajstić information content (AvgIpc) is 2.50. The summed E-state index contributed by atoms with van der Waals surface area (Å²) in [5, 5.41) is 3.42. The maximum Gasteiger partial charge on any atom is 0.119 e. The lowest BCUT2D eigenvalue weighted by atomic mass is 10.1. The van der Waals surface area contributed by atoms with Gasteiger partial charge in [-0.3, -0.25) is 0 Å². The fourth-order valence-corrected chi connectivity index (χ4v) is 2.09. The van der Waals surface area contributed by atoms with Crippen LogP contribution in [0.3, 0.4) is 0 Å². The molecule has 0 saturated carbocycles. The van der Waals surface area contributed by atoms with Gasteiger partial charge in [-0.15, -0.1) is 0 Å². The van der Waals surface area contributed by atoms with Crippen LogP contribution in [0.1, 0.15) is 25.3 Å². The molecule has 0 spiro atoms. The molecule has 20 heavy (non-hydrogen) atoms. The molecule has 0 heterocycles. The summed E-state index contributed by atoms with van der Waals surface area (Å²) in [6.07, 6.45) is 3.35. The minimum absolute atomic E-state index is 0.741. The molecule has 0 aliphatic carbocycles. The third-order valence-corrected chi connectivity index (χ3v) is 3.15. The molecule has 2 aromatic rings. The van der Waals surface area contributed by atoms with Crippen LogP contribution in [0.25, 0.3) is 0 Å². The quantitative estimate of drug-likeness (QED) is 0.711. The molecule has 0 radical (unpaired) electrons. The first-order chi connectivity index (χ1) is 9.88. The smallest absolute Gasteiger partial charge is 0.119 e. The lowest BCUT2D eigenvalue weighted by Gasteiger charge is -2.08. The Bertz CT molecular complexity index is 479. The summed E-state index contributed by atoms with van der Waals surface area (Å²) in [6, 6.07) is 18.7. The molecule has 1 N–H and O–H groups in total. The topological polar surface area (TPSA) is 21.3 Å². The summed E-state index contributed by atoms with van der Waals surface area (Å²) in [5.41, 5.74) is 2.59. The van der Waals surface area contributed by atoms with Crippen LogP contribution in [0.2, 0.25) is 0 Å². The maximum atomic E-state index is 5.65. The van der Waals surface area contributed by atoms with E-state index in [4.69, 9.17) is 4.74 Å². The molecule has 2 heteroatoms. The van der Waals surface area contributed by atoms with E-state index in [1.165, 1.54) is 17.7 Å². The lowest BCUT2D eigenvalue weighted by Crippen LogP contribution is -2.07. The first-order valence-corrected chi connectivity index (χ1v) is 7.39. The Morgan fingerprint density at radius 3 is 2.40 bits per heavy atom. The minimum Gasteiger partial charge on any atom is -0.494 e. The van der Waals surface area contributed by atoms with Gasteiger partial charge in [-0.1, -0.05) is 43.7 Å². The zero-order chi connectivity index (χ0) is 14.0. The Balaban J connectivity index is 1.63. The van der Waals surface area contributed by atoms with E-state index in [0.29, 0.717) is 0 Å². The van der Waals surface area contributed by atoms with Gasteiger partial charge in [0.15, 0.2) is 0 Å². The van der Waals surface area contributed by atoms with Gasteiger partial charge in [0.25, 0.3) is 0 Å². The van der Waals surface area contributed by atoms with Crippen molar-refractivity contribution in [3.8, 4) is 5.75 Å². The molecule has 0 aromatic heterocycles. The highest BCUT2D eigenvalue weighted by atomic mass is 16.5. The maximum absolute atomic E-state index is 5.65. The number of rotatable bonds is 8. The molecule has 0 atom stereocenters. The van der Waals surface area contributed by atoms with Crippen LogP contribution >= 0.6 is 0 Å². The van der Waals surface area contributed by atoms with E-state index in [-0.39, 0.29) is 0 Å². The molecule has 2 rings (SSSR count). The van der Waals surface area contributed by atoms with Crippen molar-refractivity contribution in [2.24, 2.45) is 0 Å². The van der Waals surface area contributed by atoms with Gasteiger partial charge in [-0.2, -0.15) is 0 Å². The Hall–Kier alpha value is -1.96. The molecule has 0 aliphatic heterocycles. The third-order valence-electron chi connectivity index (χ3n) is 3.15. The van der Waals surface area contributed by atoms with Crippen molar-refractivity contribution in [2.75, 3.05) is 18.5 Å². The highest BCUT2D eigenvalue weighted by Gasteiger charge is 1.95. The number of ether oxygens (including phenoxy) is 1. The Morgan fingerprint density at radius 1 is 0.950 bits per heavy atom. The van der Waals surface area contributed by atoms with Gasteiger partial charge in [-0.25, -0.2) is 0 Å². The van der Waals surface area contributed by atoms with Gasteiger partial charge in [0.2, 0.25) is 0 Å². The second kappa shape index (κ2) is 8.26. The van der Waals surface area contributed by atoms with Crippen molar-refractivity contribution in [1.29, 1.82) is 0 Å². The predicted octanol–water partition coefficient (Wildman–Crippen LogP) is 4.52. The number of hydrogen-bond donors (Lipinski definition) is 1. The van der Waals surface area contributed by atoms with E-state index in [1.807, 2.05) is 30.3 Å². The Morgan fingerprint density at radius 2 is 1.70 bits per heavy atom. The Labute approximate surface area is 121 Å². The molecule has 0 unspecified atom stereocenters. The minimum atomic E-state index is 0.741. The van der Waals surface area contributed by atoms with Gasteiger partial charge >= 0.3 is 0 Å². The second-order valence-corrected chi connectivity index (χ2v) is 4.89. The van der Waals surface area contributed by atoms with Crippen LogP contribution in [0.15, 0.2) is 54.6 Å². The number of nitrogens with one attached hydrogen (secondary N) is 1. The van der Waals surface area contributed by atoms with Gasteiger partial charge in [0.05, 0.1) is 6.61 Å². The average molecular weight is 269 g/mol. The van der Waals surface area contributed by atoms with E-state index >= 15 is 0 Å². The van der Waals surface area contributed by atoms with Crippen LogP contribution < -0.4 is 10.1 Å². The molecular weight excluding hydrogens is 246 g/mol. The lowest BCUT2D eigenvalue weighted by molar-refractivity contribution is 0.315. The summed E-state index contributed by atoms with van der Waals surface area (Å²) in [7, 11) is 0. The van der Waals surface area contributed by atoms with Crippen LogP contribution in [0.5, 0.6) is 5.75 Å². The van der Waals surface area contributed by atoms with Crippen molar-refractivity contribution < 1.29 is 4.74 Å². The van der Waals surface area contributed by atoms with Gasteiger partial charge in [0.1, 0.15) is 5.75 Å². The van der Waals surface area contributed by atoms with Crippen LogP contribution in [-0.2, 0) is 6.42 Å². The molecule has 2 aromatic carbocycles. The van der Waals surface area contributed by atoms with Crippen molar-refractivity contribution in [1.82, 2.24) is 0 Å². The van der Waals surface area contributed by atoms with E-state index < -0.39 is 0 Å². The van der Waals surface area contributed by atoms with E-state index in [9.17, 15) is 0 Å². The second-order valence-electron chi connectivity index (χ2n) is 4.89. The normalized spacial score (nSPS) is 10.2.